The zero-order valence-corrected chi connectivity index (χ0v) is 6.49. The Balaban J connectivity index is 2.39. The molecule has 1 rings (SSSR count). The zero-order valence-electron chi connectivity index (χ0n) is 5.67. The molecule has 0 aromatic carbocycles. The molecule has 0 heterocycles. The van der Waals surface area contributed by atoms with Crippen LogP contribution in [-0.4, -0.2) is 16.8 Å². The average Bonchev–Trinajstić information content (AvgIpc) is 2.47. The van der Waals surface area contributed by atoms with E-state index < -0.39 is 5.97 Å². The normalized spacial score (nSPS) is 19.9. The van der Waals surface area contributed by atoms with E-state index in [9.17, 15) is 4.79 Å². The van der Waals surface area contributed by atoms with E-state index >= 15 is 0 Å². The van der Waals surface area contributed by atoms with Gasteiger partial charge in [-0.1, -0.05) is 0 Å². The first-order valence-corrected chi connectivity index (χ1v) is 4.27. The Kier molecular flexibility index (Phi) is 1.97. The second-order valence-corrected chi connectivity index (χ2v) is 3.50. The average molecular weight is 158 g/mol. The summed E-state index contributed by atoms with van der Waals surface area (Å²) in [6.07, 6.45) is 2.35. The van der Waals surface area contributed by atoms with Crippen molar-refractivity contribution in [2.45, 2.75) is 19.3 Å². The number of hydrogen-bond donors (Lipinski definition) is 1. The van der Waals surface area contributed by atoms with E-state index in [1.54, 1.807) is 0 Å². The summed E-state index contributed by atoms with van der Waals surface area (Å²) < 4.78 is 0. The summed E-state index contributed by atoms with van der Waals surface area (Å²) in [6, 6.07) is 0. The summed E-state index contributed by atoms with van der Waals surface area (Å²) in [5, 5.41) is 8.47. The van der Waals surface area contributed by atoms with Crippen LogP contribution < -0.4 is 0 Å². The molecule has 3 heteroatoms. The summed E-state index contributed by atoms with van der Waals surface area (Å²) in [5.41, 5.74) is 5.31. The number of carboxylic acid groups (broad SMARTS) is 1. The maximum absolute atomic E-state index is 10.3. The van der Waals surface area contributed by atoms with Gasteiger partial charge in [-0.25, -0.2) is 0 Å². The van der Waals surface area contributed by atoms with E-state index in [0.29, 0.717) is 0 Å². The first-order valence-electron chi connectivity index (χ1n) is 3.22. The van der Waals surface area contributed by atoms with Crippen LogP contribution in [0.25, 0.3) is 0 Å². The third-order valence-electron chi connectivity index (χ3n) is 1.87. The molecule has 0 atom stereocenters. The maximum atomic E-state index is 10.3. The van der Waals surface area contributed by atoms with Crippen molar-refractivity contribution in [2.75, 3.05) is 5.75 Å². The van der Waals surface area contributed by atoms with Crippen LogP contribution in [0.3, 0.4) is 0 Å². The van der Waals surface area contributed by atoms with E-state index in [1.165, 1.54) is 11.2 Å². The molecule has 0 aromatic rings. The van der Waals surface area contributed by atoms with Gasteiger partial charge in [0.05, 0.1) is 6.42 Å². The third-order valence-corrected chi connectivity index (χ3v) is 2.65. The minimum Gasteiger partial charge on any atom is -0.481 e. The summed E-state index contributed by atoms with van der Waals surface area (Å²) in [4.78, 5) is 10.3. The molecule has 0 radical (unpaired) electrons. The van der Waals surface area contributed by atoms with Crippen molar-refractivity contribution in [3.63, 3.8) is 0 Å². The molecular weight excluding hydrogens is 148 g/mol. The van der Waals surface area contributed by atoms with E-state index in [1.807, 2.05) is 0 Å². The van der Waals surface area contributed by atoms with Gasteiger partial charge in [0.2, 0.25) is 0 Å². The Labute approximate surface area is 63.8 Å². The molecule has 56 valence electrons. The van der Waals surface area contributed by atoms with Crippen molar-refractivity contribution < 1.29 is 9.90 Å². The molecule has 0 saturated heterocycles. The molecule has 0 amide bonds. The molecule has 1 N–H and O–H groups in total. The lowest BCUT2D eigenvalue weighted by Gasteiger charge is -2.05. The van der Waals surface area contributed by atoms with Gasteiger partial charge in [0.25, 0.3) is 0 Å². The van der Waals surface area contributed by atoms with Crippen LogP contribution in [0.15, 0.2) is 0 Å². The van der Waals surface area contributed by atoms with Gasteiger partial charge < -0.3 is 5.11 Å². The topological polar surface area (TPSA) is 37.3 Å². The van der Waals surface area contributed by atoms with Gasteiger partial charge in [0.15, 0.2) is 0 Å². The lowest BCUT2D eigenvalue weighted by Crippen LogP contribution is -2.09. The molecule has 1 aliphatic carbocycles. The van der Waals surface area contributed by atoms with Crippen molar-refractivity contribution in [1.29, 1.82) is 0 Å². The molecule has 0 unspecified atom stereocenters. The highest BCUT2D eigenvalue weighted by Gasteiger charge is 2.43. The monoisotopic (exact) mass is 158 g/mol. The van der Waals surface area contributed by atoms with Gasteiger partial charge in [0, 0.05) is 5.75 Å². The van der Waals surface area contributed by atoms with Crippen LogP contribution in [0.2, 0.25) is 0 Å². The van der Waals surface area contributed by atoms with Crippen LogP contribution in [0, 0.1) is 11.1 Å². The molecule has 1 saturated carbocycles. The highest BCUT2D eigenvalue weighted by molar-refractivity contribution is 7.88. The van der Waals surface area contributed by atoms with Gasteiger partial charge in [-0.15, -0.1) is 16.9 Å². The van der Waals surface area contributed by atoms with Crippen molar-refractivity contribution in [3.05, 3.63) is 0 Å². The largest absolute Gasteiger partial charge is 0.481 e. The van der Waals surface area contributed by atoms with E-state index in [-0.39, 0.29) is 11.8 Å². The Bertz CT molecular complexity index is 188. The van der Waals surface area contributed by atoms with Crippen LogP contribution in [-0.2, 0) is 4.79 Å². The SMILES string of the molecule is C#SCC1(CC(=O)O)CC1. The molecule has 2 nitrogen and oxygen atoms in total. The fourth-order valence-electron chi connectivity index (χ4n) is 1.05. The Morgan fingerprint density at radius 3 is 2.60 bits per heavy atom. The van der Waals surface area contributed by atoms with Crippen LogP contribution >= 0.6 is 11.2 Å². The molecular formula is C7H10O2S. The van der Waals surface area contributed by atoms with Crippen molar-refractivity contribution in [3.8, 4) is 5.69 Å². The summed E-state index contributed by atoms with van der Waals surface area (Å²) >= 11 is 1.25. The second kappa shape index (κ2) is 2.60. The third kappa shape index (κ3) is 1.72. The standard InChI is InChI=1S/C7H10O2S/c1-10-5-7(2-3-7)4-6(8)9/h1H,2-5H2,(H,8,9). The number of carbonyl (C=O) groups is 1. The Morgan fingerprint density at radius 2 is 2.30 bits per heavy atom. The fraction of sp³-hybridized carbons (Fsp3) is 0.714. The van der Waals surface area contributed by atoms with Gasteiger partial charge >= 0.3 is 5.97 Å². The first-order chi connectivity index (χ1) is 4.68. The molecule has 10 heavy (non-hydrogen) atoms. The van der Waals surface area contributed by atoms with Crippen molar-refractivity contribution >= 4 is 17.1 Å². The van der Waals surface area contributed by atoms with Crippen molar-refractivity contribution in [1.82, 2.24) is 0 Å². The molecule has 1 fully saturated rings. The number of aliphatic carboxylic acids is 1. The highest BCUT2D eigenvalue weighted by atomic mass is 32.1. The summed E-state index contributed by atoms with van der Waals surface area (Å²) in [6.45, 7) is 0. The van der Waals surface area contributed by atoms with Crippen molar-refractivity contribution in [2.24, 2.45) is 5.41 Å². The van der Waals surface area contributed by atoms with Gasteiger partial charge in [-0.2, -0.15) is 0 Å². The van der Waals surface area contributed by atoms with Gasteiger partial charge in [0.1, 0.15) is 0 Å². The Morgan fingerprint density at radius 1 is 1.70 bits per heavy atom. The molecule has 0 spiro atoms. The number of carboxylic acids is 1. The zero-order chi connectivity index (χ0) is 7.61. The number of hydrogen-bond acceptors (Lipinski definition) is 1. The quantitative estimate of drug-likeness (QED) is 0.676. The Hall–Kier alpha value is -0.530. The minimum atomic E-state index is -0.702. The smallest absolute Gasteiger partial charge is 0.303 e. The predicted molar refractivity (Wildman–Crippen MR) is 41.3 cm³/mol. The highest BCUT2D eigenvalue weighted by Crippen LogP contribution is 2.49. The van der Waals surface area contributed by atoms with Crippen LogP contribution in [0.5, 0.6) is 0 Å². The van der Waals surface area contributed by atoms with E-state index in [2.05, 4.69) is 0 Å². The maximum Gasteiger partial charge on any atom is 0.303 e. The molecule has 0 bridgehead atoms. The lowest BCUT2D eigenvalue weighted by molar-refractivity contribution is -0.138. The van der Waals surface area contributed by atoms with E-state index in [4.69, 9.17) is 10.8 Å². The molecule has 0 aromatic heterocycles. The second-order valence-electron chi connectivity index (χ2n) is 2.88. The number of rotatable bonds is 3. The van der Waals surface area contributed by atoms with Gasteiger partial charge in [-0.3, -0.25) is 4.79 Å². The van der Waals surface area contributed by atoms with Crippen LogP contribution in [0.1, 0.15) is 19.3 Å². The van der Waals surface area contributed by atoms with Crippen LogP contribution in [0.4, 0.5) is 0 Å². The lowest BCUT2D eigenvalue weighted by atomic mass is 10.1. The predicted octanol–water partition coefficient (Wildman–Crippen LogP) is 1.56. The minimum absolute atomic E-state index is 0.0608. The summed E-state index contributed by atoms with van der Waals surface area (Å²) in [7, 11) is 0. The fourth-order valence-corrected chi connectivity index (χ4v) is 1.79. The summed E-state index contributed by atoms with van der Waals surface area (Å²) in [5.74, 6) is 0.0887. The first kappa shape index (κ1) is 7.58. The molecule has 1 aliphatic rings. The van der Waals surface area contributed by atoms with Gasteiger partial charge in [-0.05, 0) is 18.3 Å². The van der Waals surface area contributed by atoms with E-state index in [0.717, 1.165) is 18.6 Å². The molecule has 0 aliphatic heterocycles.